The van der Waals surface area contributed by atoms with Crippen LogP contribution in [-0.2, 0) is 4.74 Å². The number of hydrogen-bond donors (Lipinski definition) is 2. The first-order valence-corrected chi connectivity index (χ1v) is 9.71. The van der Waals surface area contributed by atoms with E-state index in [1.807, 2.05) is 38.4 Å². The molecule has 4 aliphatic heterocycles. The number of hydrogen-bond acceptors (Lipinski definition) is 7. The van der Waals surface area contributed by atoms with E-state index in [1.54, 1.807) is 0 Å². The molecule has 27 heavy (non-hydrogen) atoms. The highest BCUT2D eigenvalue weighted by atomic mass is 19.1. The van der Waals surface area contributed by atoms with Gasteiger partial charge in [0.1, 0.15) is 17.8 Å². The first kappa shape index (κ1) is 18.2. The molecule has 4 aliphatic rings. The second-order valence-corrected chi connectivity index (χ2v) is 7.53. The summed E-state index contributed by atoms with van der Waals surface area (Å²) in [6, 6.07) is -0.105. The van der Waals surface area contributed by atoms with E-state index < -0.39 is 6.17 Å². The van der Waals surface area contributed by atoms with Crippen LogP contribution in [0.5, 0.6) is 0 Å². The Morgan fingerprint density at radius 1 is 1.41 bits per heavy atom. The van der Waals surface area contributed by atoms with Crippen molar-refractivity contribution in [3.63, 3.8) is 0 Å². The summed E-state index contributed by atoms with van der Waals surface area (Å²) in [6.45, 7) is 6.01. The molecule has 4 atom stereocenters. The maximum atomic E-state index is 14.1. The van der Waals surface area contributed by atoms with Crippen molar-refractivity contribution in [3.8, 4) is 0 Å². The van der Waals surface area contributed by atoms with Crippen LogP contribution in [0.2, 0.25) is 0 Å². The van der Waals surface area contributed by atoms with Crippen LogP contribution in [0.1, 0.15) is 26.7 Å². The minimum absolute atomic E-state index is 0.0338. The Morgan fingerprint density at radius 3 is 3.11 bits per heavy atom. The largest absolute Gasteiger partial charge is 0.491 e. The summed E-state index contributed by atoms with van der Waals surface area (Å²) in [5.74, 6) is 2.26. The lowest BCUT2D eigenvalue weighted by Crippen LogP contribution is -2.53. The molecule has 0 aromatic carbocycles. The molecule has 0 aromatic rings. The van der Waals surface area contributed by atoms with Crippen LogP contribution >= 0.6 is 0 Å². The van der Waals surface area contributed by atoms with Gasteiger partial charge in [-0.15, -0.1) is 0 Å². The molecule has 146 valence electrons. The minimum Gasteiger partial charge on any atom is -0.491 e. The highest BCUT2D eigenvalue weighted by Gasteiger charge is 2.35. The topological polar surface area (TPSA) is 73.6 Å². The third kappa shape index (κ3) is 4.05. The lowest BCUT2D eigenvalue weighted by atomic mass is 10.0. The first-order chi connectivity index (χ1) is 13.1. The number of nitrogens with one attached hydrogen (secondary N) is 2. The fourth-order valence-electron chi connectivity index (χ4n) is 3.76. The Bertz CT molecular complexity index is 713. The van der Waals surface area contributed by atoms with Gasteiger partial charge in [0.15, 0.2) is 0 Å². The molecule has 0 aromatic heterocycles. The average molecular weight is 374 g/mol. The van der Waals surface area contributed by atoms with Crippen LogP contribution in [0.3, 0.4) is 0 Å². The zero-order chi connectivity index (χ0) is 18.8. The second kappa shape index (κ2) is 7.80. The van der Waals surface area contributed by atoms with Crippen LogP contribution in [0.4, 0.5) is 4.39 Å². The molecule has 1 fully saturated rings. The molecular formula is C19H27FN6O. The monoisotopic (exact) mass is 374 g/mol. The van der Waals surface area contributed by atoms with Gasteiger partial charge in [-0.25, -0.2) is 14.4 Å². The maximum absolute atomic E-state index is 14.1. The van der Waals surface area contributed by atoms with Crippen molar-refractivity contribution >= 4 is 18.0 Å². The Balaban J connectivity index is 1.41. The number of aliphatic imine (C=N–C) groups is 3. The van der Waals surface area contributed by atoms with E-state index in [4.69, 9.17) is 9.73 Å². The fraction of sp³-hybridized carbons (Fsp3) is 0.632. The maximum Gasteiger partial charge on any atom is 0.218 e. The number of piperidine rings is 1. The molecule has 0 aliphatic carbocycles. The number of fused-ring (bicyclic) bond motifs is 1. The molecular weight excluding hydrogens is 347 g/mol. The van der Waals surface area contributed by atoms with Crippen LogP contribution in [0.25, 0.3) is 0 Å². The van der Waals surface area contributed by atoms with Crippen molar-refractivity contribution in [2.75, 3.05) is 19.6 Å². The van der Waals surface area contributed by atoms with Gasteiger partial charge in [-0.1, -0.05) is 0 Å². The summed E-state index contributed by atoms with van der Waals surface area (Å²) in [5.41, 5.74) is 0. The number of halogens is 1. The summed E-state index contributed by atoms with van der Waals surface area (Å²) in [6.07, 6.45) is 8.36. The van der Waals surface area contributed by atoms with E-state index in [-0.39, 0.29) is 24.2 Å². The van der Waals surface area contributed by atoms with E-state index in [2.05, 4.69) is 25.5 Å². The molecule has 4 heterocycles. The van der Waals surface area contributed by atoms with E-state index in [0.717, 1.165) is 24.6 Å². The quantitative estimate of drug-likeness (QED) is 0.780. The molecule has 2 unspecified atom stereocenters. The van der Waals surface area contributed by atoms with Gasteiger partial charge in [0.05, 0.1) is 30.8 Å². The molecule has 2 N–H and O–H groups in total. The van der Waals surface area contributed by atoms with Crippen molar-refractivity contribution in [3.05, 3.63) is 24.1 Å². The Morgan fingerprint density at radius 2 is 2.30 bits per heavy atom. The molecule has 0 bridgehead atoms. The lowest BCUT2D eigenvalue weighted by molar-refractivity contribution is 0.156. The Labute approximate surface area is 159 Å². The third-order valence-corrected chi connectivity index (χ3v) is 5.11. The van der Waals surface area contributed by atoms with Gasteiger partial charge in [0.2, 0.25) is 5.96 Å². The van der Waals surface area contributed by atoms with Gasteiger partial charge in [-0.05, 0) is 32.9 Å². The predicted molar refractivity (Wildman–Crippen MR) is 105 cm³/mol. The van der Waals surface area contributed by atoms with Gasteiger partial charge in [0.25, 0.3) is 0 Å². The standard InChI is InChI=1S/C19H27FN6O/c1-12(2)27-13-5-8-26-17(11-23-18(26)9-13)15-4-7-22-19(24-15)25-16-10-21-6-3-14(16)20/h5,7-9,12,14-17,21H,3-4,6,10-11H2,1-2H3,(H,24,25)/t14-,15?,16-,17?/m0/s1. The molecule has 0 amide bonds. The number of allylic oxidation sites excluding steroid dienone is 1. The van der Waals surface area contributed by atoms with E-state index in [0.29, 0.717) is 25.5 Å². The molecule has 7 nitrogen and oxygen atoms in total. The fourth-order valence-corrected chi connectivity index (χ4v) is 3.76. The van der Waals surface area contributed by atoms with Crippen LogP contribution in [0, 0.1) is 0 Å². The van der Waals surface area contributed by atoms with Crippen molar-refractivity contribution in [2.45, 2.75) is 57.1 Å². The second-order valence-electron chi connectivity index (χ2n) is 7.53. The third-order valence-electron chi connectivity index (χ3n) is 5.11. The predicted octanol–water partition coefficient (Wildman–Crippen LogP) is 1.39. The zero-order valence-electron chi connectivity index (χ0n) is 15.8. The summed E-state index contributed by atoms with van der Waals surface area (Å²) >= 11 is 0. The normalized spacial score (nSPS) is 32.7. The Hall–Kier alpha value is -2.22. The molecule has 1 saturated heterocycles. The Kier molecular flexibility index (Phi) is 5.24. The van der Waals surface area contributed by atoms with Crippen molar-refractivity contribution in [1.29, 1.82) is 0 Å². The molecule has 0 spiro atoms. The summed E-state index contributed by atoms with van der Waals surface area (Å²) < 4.78 is 19.8. The highest BCUT2D eigenvalue weighted by molar-refractivity contribution is 5.97. The van der Waals surface area contributed by atoms with Gasteiger partial charge in [-0.2, -0.15) is 0 Å². The summed E-state index contributed by atoms with van der Waals surface area (Å²) in [5, 5.41) is 6.38. The zero-order valence-corrected chi connectivity index (χ0v) is 15.8. The van der Waals surface area contributed by atoms with Crippen molar-refractivity contribution in [2.24, 2.45) is 15.0 Å². The molecule has 0 saturated carbocycles. The van der Waals surface area contributed by atoms with Gasteiger partial charge in [0, 0.05) is 31.5 Å². The van der Waals surface area contributed by atoms with Crippen LogP contribution in [0.15, 0.2) is 39.1 Å². The highest BCUT2D eigenvalue weighted by Crippen LogP contribution is 2.25. The first-order valence-electron chi connectivity index (χ1n) is 9.71. The van der Waals surface area contributed by atoms with Gasteiger partial charge in [-0.3, -0.25) is 4.99 Å². The van der Waals surface area contributed by atoms with Crippen molar-refractivity contribution < 1.29 is 9.13 Å². The summed E-state index contributed by atoms with van der Waals surface area (Å²) in [7, 11) is 0. The van der Waals surface area contributed by atoms with Crippen molar-refractivity contribution in [1.82, 2.24) is 15.5 Å². The number of ether oxygens (including phenoxy) is 1. The molecule has 4 rings (SSSR count). The number of amidine groups is 1. The number of rotatable bonds is 4. The van der Waals surface area contributed by atoms with Gasteiger partial charge < -0.3 is 20.3 Å². The van der Waals surface area contributed by atoms with E-state index in [9.17, 15) is 4.39 Å². The van der Waals surface area contributed by atoms with E-state index in [1.165, 1.54) is 0 Å². The molecule has 8 heteroatoms. The number of guanidine groups is 1. The van der Waals surface area contributed by atoms with E-state index >= 15 is 0 Å². The van der Waals surface area contributed by atoms with Crippen LogP contribution < -0.4 is 10.6 Å². The number of nitrogens with zero attached hydrogens (tertiary/aromatic N) is 4. The SMILES string of the molecule is CC(C)OC1=CC2=NCC(C3CC=NC(N[C@H]4CNCC[C@@H]4F)=N3)N2C=C1. The average Bonchev–Trinajstić information content (AvgIpc) is 3.07. The minimum atomic E-state index is -0.875. The lowest BCUT2D eigenvalue weighted by Gasteiger charge is -2.32. The van der Waals surface area contributed by atoms with Crippen LogP contribution in [-0.4, -0.2) is 72.9 Å². The smallest absolute Gasteiger partial charge is 0.218 e. The van der Waals surface area contributed by atoms with Gasteiger partial charge >= 0.3 is 0 Å². The molecule has 0 radical (unpaired) electrons. The number of alkyl halides is 1. The summed E-state index contributed by atoms with van der Waals surface area (Å²) in [4.78, 5) is 15.9.